The Hall–Kier alpha value is -2.08. The molecule has 0 aliphatic rings. The van der Waals surface area contributed by atoms with Crippen LogP contribution in [-0.2, 0) is 6.18 Å². The summed E-state index contributed by atoms with van der Waals surface area (Å²) < 4.78 is 38.4. The third-order valence-corrected chi connectivity index (χ3v) is 2.82. The first kappa shape index (κ1) is 14.3. The normalized spacial score (nSPS) is 11.2. The highest BCUT2D eigenvalue weighted by atomic mass is 35.5. The van der Waals surface area contributed by atoms with E-state index in [1.165, 1.54) is 12.1 Å². The first-order valence-corrected chi connectivity index (χ1v) is 5.84. The highest BCUT2D eigenvalue weighted by molar-refractivity contribution is 6.33. The van der Waals surface area contributed by atoms with Crippen molar-refractivity contribution in [3.8, 4) is 0 Å². The van der Waals surface area contributed by atoms with Crippen molar-refractivity contribution in [1.29, 1.82) is 0 Å². The standard InChI is InChI=1S/C13H8ClF3N2O/c14-10-3-1-2-4-11(10)19-12(20)8-7-18-6-5-9(8)13(15,16)17/h1-7H,(H,19,20). The fourth-order valence-electron chi connectivity index (χ4n) is 1.57. The molecule has 0 saturated heterocycles. The van der Waals surface area contributed by atoms with Crippen LogP contribution in [0.25, 0.3) is 0 Å². The van der Waals surface area contributed by atoms with E-state index in [1.807, 2.05) is 0 Å². The van der Waals surface area contributed by atoms with Gasteiger partial charge < -0.3 is 5.32 Å². The minimum atomic E-state index is -4.63. The maximum absolute atomic E-state index is 12.8. The van der Waals surface area contributed by atoms with Crippen molar-refractivity contribution in [1.82, 2.24) is 4.98 Å². The second-order valence-electron chi connectivity index (χ2n) is 3.85. The van der Waals surface area contributed by atoms with Crippen LogP contribution in [0.2, 0.25) is 5.02 Å². The highest BCUT2D eigenvalue weighted by Crippen LogP contribution is 2.32. The average molecular weight is 301 g/mol. The van der Waals surface area contributed by atoms with Gasteiger partial charge in [-0.3, -0.25) is 9.78 Å². The maximum Gasteiger partial charge on any atom is 0.417 e. The molecule has 1 heterocycles. The predicted octanol–water partition coefficient (Wildman–Crippen LogP) is 4.01. The van der Waals surface area contributed by atoms with E-state index in [4.69, 9.17) is 11.6 Å². The largest absolute Gasteiger partial charge is 0.417 e. The smallest absolute Gasteiger partial charge is 0.321 e. The molecule has 1 aromatic heterocycles. The van der Waals surface area contributed by atoms with Gasteiger partial charge in [-0.1, -0.05) is 23.7 Å². The van der Waals surface area contributed by atoms with E-state index in [2.05, 4.69) is 10.3 Å². The Balaban J connectivity index is 2.34. The summed E-state index contributed by atoms with van der Waals surface area (Å²) in [5, 5.41) is 2.56. The summed E-state index contributed by atoms with van der Waals surface area (Å²) in [6.07, 6.45) is -2.78. The number of rotatable bonds is 2. The Kier molecular flexibility index (Phi) is 3.94. The van der Waals surface area contributed by atoms with E-state index in [9.17, 15) is 18.0 Å². The van der Waals surface area contributed by atoms with Crippen molar-refractivity contribution in [3.05, 3.63) is 58.9 Å². The fourth-order valence-corrected chi connectivity index (χ4v) is 1.76. The maximum atomic E-state index is 12.8. The van der Waals surface area contributed by atoms with Crippen molar-refractivity contribution in [3.63, 3.8) is 0 Å². The third-order valence-electron chi connectivity index (χ3n) is 2.49. The summed E-state index contributed by atoms with van der Waals surface area (Å²) in [6.45, 7) is 0. The van der Waals surface area contributed by atoms with Crippen LogP contribution in [0, 0.1) is 0 Å². The number of carbonyl (C=O) groups excluding carboxylic acids is 1. The summed E-state index contributed by atoms with van der Waals surface area (Å²) >= 11 is 5.83. The number of pyridine rings is 1. The van der Waals surface area contributed by atoms with E-state index in [-0.39, 0.29) is 10.7 Å². The molecule has 0 radical (unpaired) electrons. The minimum Gasteiger partial charge on any atom is -0.321 e. The number of para-hydroxylation sites is 1. The van der Waals surface area contributed by atoms with Gasteiger partial charge in [0.2, 0.25) is 0 Å². The number of benzene rings is 1. The van der Waals surface area contributed by atoms with Gasteiger partial charge >= 0.3 is 6.18 Å². The predicted molar refractivity (Wildman–Crippen MR) is 68.6 cm³/mol. The fraction of sp³-hybridized carbons (Fsp3) is 0.0769. The zero-order valence-electron chi connectivity index (χ0n) is 9.91. The summed E-state index contributed by atoms with van der Waals surface area (Å²) in [4.78, 5) is 15.5. The van der Waals surface area contributed by atoms with Gasteiger partial charge in [0.05, 0.1) is 21.8 Å². The molecular formula is C13H8ClF3N2O. The molecule has 0 unspecified atom stereocenters. The average Bonchev–Trinajstić information content (AvgIpc) is 2.40. The van der Waals surface area contributed by atoms with Gasteiger partial charge in [-0.2, -0.15) is 13.2 Å². The molecule has 0 atom stereocenters. The van der Waals surface area contributed by atoms with Crippen LogP contribution in [0.1, 0.15) is 15.9 Å². The van der Waals surface area contributed by atoms with E-state index in [0.29, 0.717) is 0 Å². The molecule has 1 aromatic carbocycles. The number of nitrogens with zero attached hydrogens (tertiary/aromatic N) is 1. The van der Waals surface area contributed by atoms with Crippen molar-refractivity contribution in [2.45, 2.75) is 6.18 Å². The van der Waals surface area contributed by atoms with Gasteiger partial charge in [-0.05, 0) is 18.2 Å². The second kappa shape index (κ2) is 5.50. The molecular weight excluding hydrogens is 293 g/mol. The van der Waals surface area contributed by atoms with Gasteiger partial charge in [0.15, 0.2) is 0 Å². The summed E-state index contributed by atoms with van der Waals surface area (Å²) in [5.74, 6) is -0.918. The molecule has 20 heavy (non-hydrogen) atoms. The second-order valence-corrected chi connectivity index (χ2v) is 4.26. The van der Waals surface area contributed by atoms with Crippen LogP contribution >= 0.6 is 11.6 Å². The summed E-state index contributed by atoms with van der Waals surface area (Å²) in [5.41, 5.74) is -1.37. The van der Waals surface area contributed by atoms with Crippen LogP contribution in [0.4, 0.5) is 18.9 Å². The number of carbonyl (C=O) groups is 1. The van der Waals surface area contributed by atoms with Gasteiger partial charge in [0, 0.05) is 12.4 Å². The molecule has 2 rings (SSSR count). The van der Waals surface area contributed by atoms with E-state index < -0.39 is 23.2 Å². The number of hydrogen-bond donors (Lipinski definition) is 1. The van der Waals surface area contributed by atoms with Crippen LogP contribution < -0.4 is 5.32 Å². The van der Waals surface area contributed by atoms with Crippen molar-refractivity contribution in [2.75, 3.05) is 5.32 Å². The van der Waals surface area contributed by atoms with Crippen molar-refractivity contribution in [2.24, 2.45) is 0 Å². The molecule has 0 aliphatic carbocycles. The third kappa shape index (κ3) is 3.08. The van der Waals surface area contributed by atoms with Crippen molar-refractivity contribution < 1.29 is 18.0 Å². The molecule has 1 N–H and O–H groups in total. The zero-order chi connectivity index (χ0) is 14.8. The molecule has 104 valence electrons. The first-order chi connectivity index (χ1) is 9.39. The molecule has 0 aliphatic heterocycles. The van der Waals surface area contributed by atoms with E-state index in [0.717, 1.165) is 18.5 Å². The number of halogens is 4. The number of amides is 1. The molecule has 0 saturated carbocycles. The molecule has 0 bridgehead atoms. The molecule has 0 spiro atoms. The molecule has 2 aromatic rings. The van der Waals surface area contributed by atoms with Crippen molar-refractivity contribution >= 4 is 23.2 Å². The molecule has 0 fully saturated rings. The van der Waals surface area contributed by atoms with Crippen LogP contribution in [0.15, 0.2) is 42.7 Å². The number of nitrogens with one attached hydrogen (secondary N) is 1. The van der Waals surface area contributed by atoms with Gasteiger partial charge in [-0.15, -0.1) is 0 Å². The summed E-state index contributed by atoms with van der Waals surface area (Å²) in [7, 11) is 0. The lowest BCUT2D eigenvalue weighted by Gasteiger charge is -2.12. The lowest BCUT2D eigenvalue weighted by Crippen LogP contribution is -2.19. The van der Waals surface area contributed by atoms with Crippen LogP contribution in [0.5, 0.6) is 0 Å². The van der Waals surface area contributed by atoms with E-state index >= 15 is 0 Å². The Morgan fingerprint density at radius 1 is 1.20 bits per heavy atom. The monoisotopic (exact) mass is 300 g/mol. The molecule has 1 amide bonds. The SMILES string of the molecule is O=C(Nc1ccccc1Cl)c1cnccc1C(F)(F)F. The topological polar surface area (TPSA) is 42.0 Å². The Morgan fingerprint density at radius 3 is 2.55 bits per heavy atom. The molecule has 3 nitrogen and oxygen atoms in total. The number of aromatic nitrogens is 1. The Labute approximate surface area is 117 Å². The minimum absolute atomic E-state index is 0.233. The number of hydrogen-bond acceptors (Lipinski definition) is 2. The van der Waals surface area contributed by atoms with Crippen LogP contribution in [0.3, 0.4) is 0 Å². The Morgan fingerprint density at radius 2 is 1.90 bits per heavy atom. The Bertz CT molecular complexity index is 644. The van der Waals surface area contributed by atoms with Crippen LogP contribution in [-0.4, -0.2) is 10.9 Å². The lowest BCUT2D eigenvalue weighted by molar-refractivity contribution is -0.137. The molecule has 7 heteroatoms. The number of anilines is 1. The van der Waals surface area contributed by atoms with Gasteiger partial charge in [-0.25, -0.2) is 0 Å². The quantitative estimate of drug-likeness (QED) is 0.910. The summed E-state index contributed by atoms with van der Waals surface area (Å²) in [6, 6.07) is 7.01. The van der Waals surface area contributed by atoms with Gasteiger partial charge in [0.1, 0.15) is 0 Å². The van der Waals surface area contributed by atoms with E-state index in [1.54, 1.807) is 12.1 Å². The first-order valence-electron chi connectivity index (χ1n) is 5.46. The lowest BCUT2D eigenvalue weighted by atomic mass is 10.1. The number of alkyl halides is 3. The zero-order valence-corrected chi connectivity index (χ0v) is 10.7. The van der Waals surface area contributed by atoms with Gasteiger partial charge in [0.25, 0.3) is 5.91 Å². The highest BCUT2D eigenvalue weighted by Gasteiger charge is 2.35.